The zero-order valence-electron chi connectivity index (χ0n) is 9.73. The Labute approximate surface area is 120 Å². The maximum Gasteiger partial charge on any atom is 0.240 e. The first-order valence-electron chi connectivity index (χ1n) is 5.64. The van der Waals surface area contributed by atoms with Gasteiger partial charge in [-0.3, -0.25) is 0 Å². The van der Waals surface area contributed by atoms with E-state index < -0.39 is 10.0 Å². The van der Waals surface area contributed by atoms with Crippen molar-refractivity contribution in [3.05, 3.63) is 22.7 Å². The summed E-state index contributed by atoms with van der Waals surface area (Å²) in [7, 11) is -3.45. The fourth-order valence-electron chi connectivity index (χ4n) is 1.80. The van der Waals surface area contributed by atoms with Crippen LogP contribution in [0.1, 0.15) is 12.8 Å². The molecule has 1 heterocycles. The van der Waals surface area contributed by atoms with Crippen molar-refractivity contribution < 1.29 is 8.42 Å². The minimum Gasteiger partial charge on any atom is -0.398 e. The van der Waals surface area contributed by atoms with Crippen molar-refractivity contribution in [2.75, 3.05) is 17.2 Å². The summed E-state index contributed by atoms with van der Waals surface area (Å²) in [5.74, 6) is 1.96. The minimum absolute atomic E-state index is 0.0325. The smallest absolute Gasteiger partial charge is 0.240 e. The monoisotopic (exact) mass is 350 g/mol. The van der Waals surface area contributed by atoms with E-state index in [4.69, 9.17) is 5.73 Å². The summed E-state index contributed by atoms with van der Waals surface area (Å²) in [4.78, 5) is 0.249. The molecule has 1 saturated heterocycles. The lowest BCUT2D eigenvalue weighted by atomic mass is 10.2. The molecule has 1 aliphatic heterocycles. The number of nitrogens with two attached hydrogens (primary N) is 1. The number of nitrogen functional groups attached to an aromatic ring is 1. The zero-order chi connectivity index (χ0) is 13.2. The number of benzene rings is 1. The summed E-state index contributed by atoms with van der Waals surface area (Å²) in [6.45, 7) is 0. The molecule has 3 N–H and O–H groups in total. The van der Waals surface area contributed by atoms with Crippen molar-refractivity contribution in [1.82, 2.24) is 4.72 Å². The number of thioether (sulfide) groups is 1. The van der Waals surface area contributed by atoms with Crippen molar-refractivity contribution in [2.45, 2.75) is 23.8 Å². The van der Waals surface area contributed by atoms with E-state index in [9.17, 15) is 8.42 Å². The summed E-state index contributed by atoms with van der Waals surface area (Å²) in [6, 6.07) is 4.69. The van der Waals surface area contributed by atoms with Gasteiger partial charge in [0.2, 0.25) is 10.0 Å². The molecule has 7 heteroatoms. The Morgan fingerprint density at radius 1 is 1.44 bits per heavy atom. The molecule has 0 saturated carbocycles. The quantitative estimate of drug-likeness (QED) is 0.819. The van der Waals surface area contributed by atoms with E-state index in [-0.39, 0.29) is 10.9 Å². The van der Waals surface area contributed by atoms with Crippen molar-refractivity contribution in [3.63, 3.8) is 0 Å². The first-order chi connectivity index (χ1) is 8.49. The van der Waals surface area contributed by atoms with Crippen LogP contribution in [-0.4, -0.2) is 26.0 Å². The highest BCUT2D eigenvalue weighted by Gasteiger charge is 2.22. The van der Waals surface area contributed by atoms with E-state index in [1.165, 1.54) is 12.1 Å². The lowest BCUT2D eigenvalue weighted by Crippen LogP contribution is -2.38. The number of halogens is 1. The van der Waals surface area contributed by atoms with Gasteiger partial charge in [-0.05, 0) is 52.7 Å². The normalized spacial score (nSPS) is 20.8. The number of nitrogens with one attached hydrogen (secondary N) is 1. The van der Waals surface area contributed by atoms with Gasteiger partial charge in [0.15, 0.2) is 0 Å². The molecule has 0 aromatic heterocycles. The van der Waals surface area contributed by atoms with Crippen LogP contribution in [0.4, 0.5) is 5.69 Å². The second-order valence-corrected chi connectivity index (χ2v) is 7.94. The Balaban J connectivity index is 2.16. The summed E-state index contributed by atoms with van der Waals surface area (Å²) in [5.41, 5.74) is 6.18. The standard InChI is InChI=1S/C11H15BrN2O2S2/c12-10-6-9(3-4-11(10)13)18(15,16)14-8-2-1-5-17-7-8/h3-4,6,8,14H,1-2,5,7,13H2. The number of rotatable bonds is 3. The zero-order valence-corrected chi connectivity index (χ0v) is 12.9. The third kappa shape index (κ3) is 3.40. The van der Waals surface area contributed by atoms with Gasteiger partial charge in [-0.15, -0.1) is 0 Å². The molecule has 0 amide bonds. The predicted octanol–water partition coefficient (Wildman–Crippen LogP) is 2.21. The van der Waals surface area contributed by atoms with E-state index in [2.05, 4.69) is 20.7 Å². The van der Waals surface area contributed by atoms with Gasteiger partial charge in [0.05, 0.1) is 4.90 Å². The molecule has 2 rings (SSSR count). The van der Waals surface area contributed by atoms with Crippen LogP contribution in [0.5, 0.6) is 0 Å². The number of hydrogen-bond acceptors (Lipinski definition) is 4. The molecule has 1 unspecified atom stereocenters. The van der Waals surface area contributed by atoms with Crippen LogP contribution in [-0.2, 0) is 10.0 Å². The Morgan fingerprint density at radius 2 is 2.22 bits per heavy atom. The van der Waals surface area contributed by atoms with Gasteiger partial charge in [-0.2, -0.15) is 11.8 Å². The number of anilines is 1. The van der Waals surface area contributed by atoms with Gasteiger partial charge in [0.25, 0.3) is 0 Å². The third-order valence-corrected chi connectivity index (χ3v) is 6.18. The highest BCUT2D eigenvalue weighted by atomic mass is 79.9. The van der Waals surface area contributed by atoms with Gasteiger partial charge in [0, 0.05) is 22.0 Å². The molecule has 18 heavy (non-hydrogen) atoms. The fourth-order valence-corrected chi connectivity index (χ4v) is 4.80. The Hall–Kier alpha value is -0.240. The van der Waals surface area contributed by atoms with Crippen LogP contribution in [0, 0.1) is 0 Å². The molecule has 0 spiro atoms. The van der Waals surface area contributed by atoms with Gasteiger partial charge in [-0.1, -0.05) is 0 Å². The average molecular weight is 351 g/mol. The van der Waals surface area contributed by atoms with Crippen molar-refractivity contribution in [2.24, 2.45) is 0 Å². The van der Waals surface area contributed by atoms with Crippen molar-refractivity contribution in [1.29, 1.82) is 0 Å². The van der Waals surface area contributed by atoms with Crippen LogP contribution in [0.2, 0.25) is 0 Å². The summed E-state index contributed by atoms with van der Waals surface area (Å²) in [6.07, 6.45) is 1.96. The molecular formula is C11H15BrN2O2S2. The van der Waals surface area contributed by atoms with Crippen molar-refractivity contribution in [3.8, 4) is 0 Å². The molecular weight excluding hydrogens is 336 g/mol. The molecule has 4 nitrogen and oxygen atoms in total. The topological polar surface area (TPSA) is 72.2 Å². The largest absolute Gasteiger partial charge is 0.398 e. The average Bonchev–Trinajstić information content (AvgIpc) is 2.33. The van der Waals surface area contributed by atoms with Crippen LogP contribution >= 0.6 is 27.7 Å². The van der Waals surface area contributed by atoms with E-state index in [0.29, 0.717) is 10.2 Å². The van der Waals surface area contributed by atoms with Crippen LogP contribution < -0.4 is 10.5 Å². The Morgan fingerprint density at radius 3 is 2.83 bits per heavy atom. The summed E-state index contributed by atoms with van der Waals surface area (Å²) < 4.78 is 27.7. The summed E-state index contributed by atoms with van der Waals surface area (Å²) >= 11 is 5.03. The molecule has 1 aliphatic rings. The van der Waals surface area contributed by atoms with Crippen LogP contribution in [0.15, 0.2) is 27.6 Å². The highest BCUT2D eigenvalue weighted by Crippen LogP contribution is 2.24. The fraction of sp³-hybridized carbons (Fsp3) is 0.455. The number of hydrogen-bond donors (Lipinski definition) is 2. The molecule has 100 valence electrons. The molecule has 0 radical (unpaired) electrons. The van der Waals surface area contributed by atoms with Gasteiger partial charge < -0.3 is 5.73 Å². The highest BCUT2D eigenvalue weighted by molar-refractivity contribution is 9.10. The third-order valence-electron chi connectivity index (χ3n) is 2.76. The Bertz CT molecular complexity index is 528. The first kappa shape index (κ1) is 14.2. The predicted molar refractivity (Wildman–Crippen MR) is 79.2 cm³/mol. The van der Waals surface area contributed by atoms with Gasteiger partial charge in [0.1, 0.15) is 0 Å². The maximum absolute atomic E-state index is 12.2. The second-order valence-electron chi connectivity index (χ2n) is 4.22. The van der Waals surface area contributed by atoms with E-state index in [1.54, 1.807) is 17.8 Å². The molecule has 1 fully saturated rings. The number of sulfonamides is 1. The Kier molecular flexibility index (Phi) is 4.58. The molecule has 1 aromatic rings. The molecule has 1 aromatic carbocycles. The van der Waals surface area contributed by atoms with Crippen LogP contribution in [0.3, 0.4) is 0 Å². The first-order valence-corrected chi connectivity index (χ1v) is 9.07. The van der Waals surface area contributed by atoms with E-state index >= 15 is 0 Å². The van der Waals surface area contributed by atoms with E-state index in [0.717, 1.165) is 24.3 Å². The molecule has 0 aliphatic carbocycles. The lowest BCUT2D eigenvalue weighted by Gasteiger charge is -2.22. The summed E-state index contributed by atoms with van der Waals surface area (Å²) in [5, 5.41) is 0. The van der Waals surface area contributed by atoms with Gasteiger partial charge >= 0.3 is 0 Å². The minimum atomic E-state index is -3.45. The SMILES string of the molecule is Nc1ccc(S(=O)(=O)NC2CCCSC2)cc1Br. The van der Waals surface area contributed by atoms with Crippen LogP contribution in [0.25, 0.3) is 0 Å². The van der Waals surface area contributed by atoms with Crippen molar-refractivity contribution >= 4 is 43.4 Å². The van der Waals surface area contributed by atoms with E-state index in [1.807, 2.05) is 0 Å². The second kappa shape index (κ2) is 5.81. The molecule has 1 atom stereocenters. The maximum atomic E-state index is 12.2. The molecule has 0 bridgehead atoms. The lowest BCUT2D eigenvalue weighted by molar-refractivity contribution is 0.543. The van der Waals surface area contributed by atoms with Gasteiger partial charge in [-0.25, -0.2) is 13.1 Å².